The van der Waals surface area contributed by atoms with Crippen LogP contribution >= 0.6 is 11.3 Å². The van der Waals surface area contributed by atoms with Gasteiger partial charge in [-0.25, -0.2) is 0 Å². The molecule has 2 amide bonds. The van der Waals surface area contributed by atoms with Gasteiger partial charge in [0.05, 0.1) is 22.5 Å². The SMILES string of the molecule is O=C(NC1CC1)c1cc2n(n1)CCCN(C(=O)c1cc3sccc3[nH]1)C2. The molecule has 26 heavy (non-hydrogen) atoms. The summed E-state index contributed by atoms with van der Waals surface area (Å²) in [6.45, 7) is 1.86. The van der Waals surface area contributed by atoms with Gasteiger partial charge >= 0.3 is 0 Å². The summed E-state index contributed by atoms with van der Waals surface area (Å²) in [5.41, 5.74) is 2.97. The number of thiophene rings is 1. The van der Waals surface area contributed by atoms with Gasteiger partial charge in [-0.3, -0.25) is 14.3 Å². The smallest absolute Gasteiger partial charge is 0.272 e. The summed E-state index contributed by atoms with van der Waals surface area (Å²) < 4.78 is 2.95. The monoisotopic (exact) mass is 369 g/mol. The maximum atomic E-state index is 12.9. The molecule has 3 aromatic rings. The number of carbonyl (C=O) groups is 2. The first-order valence-corrected chi connectivity index (χ1v) is 9.78. The van der Waals surface area contributed by atoms with E-state index in [-0.39, 0.29) is 11.8 Å². The van der Waals surface area contributed by atoms with E-state index in [1.54, 1.807) is 11.3 Å². The molecule has 0 aromatic carbocycles. The Kier molecular flexibility index (Phi) is 3.59. The second-order valence-corrected chi connectivity index (χ2v) is 7.90. The highest BCUT2D eigenvalue weighted by Crippen LogP contribution is 2.24. The quantitative estimate of drug-likeness (QED) is 0.743. The van der Waals surface area contributed by atoms with E-state index in [0.29, 0.717) is 30.5 Å². The number of aromatic nitrogens is 3. The fourth-order valence-electron chi connectivity index (χ4n) is 3.37. The van der Waals surface area contributed by atoms with Crippen LogP contribution < -0.4 is 5.32 Å². The molecule has 0 spiro atoms. The Morgan fingerprint density at radius 1 is 1.27 bits per heavy atom. The minimum atomic E-state index is -0.115. The summed E-state index contributed by atoms with van der Waals surface area (Å²) in [6, 6.07) is 6.03. The van der Waals surface area contributed by atoms with E-state index in [0.717, 1.165) is 41.7 Å². The van der Waals surface area contributed by atoms with Gasteiger partial charge in [0.2, 0.25) is 0 Å². The Hall–Kier alpha value is -2.61. The molecule has 134 valence electrons. The van der Waals surface area contributed by atoms with Gasteiger partial charge in [-0.2, -0.15) is 5.10 Å². The summed E-state index contributed by atoms with van der Waals surface area (Å²) >= 11 is 1.62. The Morgan fingerprint density at radius 3 is 2.96 bits per heavy atom. The third-order valence-electron chi connectivity index (χ3n) is 4.92. The van der Waals surface area contributed by atoms with E-state index in [4.69, 9.17) is 0 Å². The third-order valence-corrected chi connectivity index (χ3v) is 5.78. The first kappa shape index (κ1) is 15.6. The van der Waals surface area contributed by atoms with Crippen molar-refractivity contribution in [1.82, 2.24) is 25.0 Å². The van der Waals surface area contributed by atoms with Crippen LogP contribution in [0.15, 0.2) is 23.6 Å². The Bertz CT molecular complexity index is 968. The van der Waals surface area contributed by atoms with Gasteiger partial charge < -0.3 is 15.2 Å². The zero-order valence-electron chi connectivity index (χ0n) is 14.2. The van der Waals surface area contributed by atoms with E-state index in [2.05, 4.69) is 15.4 Å². The molecule has 2 aliphatic rings. The average Bonchev–Trinajstić information content (AvgIpc) is 3.05. The lowest BCUT2D eigenvalue weighted by Gasteiger charge is -2.19. The summed E-state index contributed by atoms with van der Waals surface area (Å²) in [4.78, 5) is 30.2. The molecule has 1 aliphatic carbocycles. The van der Waals surface area contributed by atoms with Crippen molar-refractivity contribution in [1.29, 1.82) is 0 Å². The van der Waals surface area contributed by atoms with Crippen LogP contribution in [0.1, 0.15) is 45.9 Å². The van der Waals surface area contributed by atoms with E-state index in [9.17, 15) is 9.59 Å². The van der Waals surface area contributed by atoms with E-state index in [1.807, 2.05) is 33.2 Å². The van der Waals surface area contributed by atoms with Crippen LogP contribution in [0.2, 0.25) is 0 Å². The molecule has 1 saturated carbocycles. The molecule has 7 nitrogen and oxygen atoms in total. The van der Waals surface area contributed by atoms with Gasteiger partial charge in [0.1, 0.15) is 5.69 Å². The van der Waals surface area contributed by atoms with Crippen molar-refractivity contribution in [3.8, 4) is 0 Å². The van der Waals surface area contributed by atoms with Crippen LogP contribution in [-0.2, 0) is 13.1 Å². The summed E-state index contributed by atoms with van der Waals surface area (Å²) in [6.07, 6.45) is 2.92. The lowest BCUT2D eigenvalue weighted by Crippen LogP contribution is -2.31. The molecular formula is C18H19N5O2S. The Balaban J connectivity index is 1.37. The van der Waals surface area contributed by atoms with Crippen molar-refractivity contribution in [2.75, 3.05) is 6.54 Å². The predicted molar refractivity (Wildman–Crippen MR) is 98.2 cm³/mol. The molecule has 8 heteroatoms. The molecule has 0 bridgehead atoms. The molecule has 4 heterocycles. The highest BCUT2D eigenvalue weighted by atomic mass is 32.1. The van der Waals surface area contributed by atoms with Crippen LogP contribution in [-0.4, -0.2) is 44.1 Å². The molecule has 2 N–H and O–H groups in total. The van der Waals surface area contributed by atoms with E-state index >= 15 is 0 Å². The first-order valence-electron chi connectivity index (χ1n) is 8.90. The molecule has 0 unspecified atom stereocenters. The third kappa shape index (κ3) is 2.80. The number of carbonyl (C=O) groups excluding carboxylic acids is 2. The van der Waals surface area contributed by atoms with Gasteiger partial charge in [0.25, 0.3) is 11.8 Å². The van der Waals surface area contributed by atoms with E-state index in [1.165, 1.54) is 0 Å². The Labute approximate surface area is 154 Å². The highest BCUT2D eigenvalue weighted by molar-refractivity contribution is 7.17. The van der Waals surface area contributed by atoms with Crippen molar-refractivity contribution in [2.45, 2.75) is 38.4 Å². The second-order valence-electron chi connectivity index (χ2n) is 6.95. The number of hydrogen-bond donors (Lipinski definition) is 2. The molecule has 1 fully saturated rings. The van der Waals surface area contributed by atoms with Crippen molar-refractivity contribution >= 4 is 33.4 Å². The standard InChI is InChI=1S/C18H19N5O2S/c24-17(19-11-2-3-11)14-8-12-10-22(5-1-6-23(12)21-14)18(25)15-9-16-13(20-15)4-7-26-16/h4,7-9,11,20H,1-3,5-6,10H2,(H,19,24). The highest BCUT2D eigenvalue weighted by Gasteiger charge is 2.27. The second kappa shape index (κ2) is 5.98. The topological polar surface area (TPSA) is 83.0 Å². The molecule has 3 aromatic heterocycles. The fraction of sp³-hybridized carbons (Fsp3) is 0.389. The van der Waals surface area contributed by atoms with Crippen molar-refractivity contribution in [2.24, 2.45) is 0 Å². The maximum absolute atomic E-state index is 12.9. The lowest BCUT2D eigenvalue weighted by atomic mass is 10.3. The number of fused-ring (bicyclic) bond motifs is 2. The number of rotatable bonds is 3. The molecule has 0 radical (unpaired) electrons. The summed E-state index contributed by atoms with van der Waals surface area (Å²) in [7, 11) is 0. The molecule has 0 atom stereocenters. The molecule has 1 aliphatic heterocycles. The van der Waals surface area contributed by atoms with Crippen LogP contribution in [0.25, 0.3) is 10.2 Å². The van der Waals surface area contributed by atoms with Crippen molar-refractivity contribution < 1.29 is 9.59 Å². The lowest BCUT2D eigenvalue weighted by molar-refractivity contribution is 0.0740. The number of amides is 2. The average molecular weight is 369 g/mol. The molecule has 5 rings (SSSR count). The van der Waals surface area contributed by atoms with E-state index < -0.39 is 0 Å². The van der Waals surface area contributed by atoms with Gasteiger partial charge in [0.15, 0.2) is 5.69 Å². The predicted octanol–water partition coefficient (Wildman–Crippen LogP) is 2.36. The first-order chi connectivity index (χ1) is 12.7. The number of aromatic amines is 1. The minimum absolute atomic E-state index is 0.00738. The van der Waals surface area contributed by atoms with Crippen molar-refractivity contribution in [3.63, 3.8) is 0 Å². The zero-order valence-corrected chi connectivity index (χ0v) is 15.0. The van der Waals surface area contributed by atoms with Crippen LogP contribution in [0.4, 0.5) is 0 Å². The zero-order chi connectivity index (χ0) is 17.7. The van der Waals surface area contributed by atoms with Gasteiger partial charge in [-0.15, -0.1) is 11.3 Å². The van der Waals surface area contributed by atoms with Crippen molar-refractivity contribution in [3.05, 3.63) is 40.7 Å². The van der Waals surface area contributed by atoms with Crippen LogP contribution in [0.5, 0.6) is 0 Å². The minimum Gasteiger partial charge on any atom is -0.350 e. The molecule has 0 saturated heterocycles. The summed E-state index contributed by atoms with van der Waals surface area (Å²) in [5, 5.41) is 9.42. The number of aryl methyl sites for hydroxylation is 1. The van der Waals surface area contributed by atoms with Crippen LogP contribution in [0, 0.1) is 0 Å². The molecular weight excluding hydrogens is 350 g/mol. The van der Waals surface area contributed by atoms with Crippen LogP contribution in [0.3, 0.4) is 0 Å². The van der Waals surface area contributed by atoms with Gasteiger partial charge in [-0.05, 0) is 42.8 Å². The normalized spacial score (nSPS) is 17.2. The Morgan fingerprint density at radius 2 is 2.15 bits per heavy atom. The number of nitrogens with zero attached hydrogens (tertiary/aromatic N) is 3. The number of hydrogen-bond acceptors (Lipinski definition) is 4. The van der Waals surface area contributed by atoms with Gasteiger partial charge in [-0.1, -0.05) is 0 Å². The fourth-order valence-corrected chi connectivity index (χ4v) is 4.15. The number of nitrogens with one attached hydrogen (secondary N) is 2. The maximum Gasteiger partial charge on any atom is 0.272 e. The number of H-pyrrole nitrogens is 1. The van der Waals surface area contributed by atoms with Gasteiger partial charge in [0, 0.05) is 19.1 Å². The largest absolute Gasteiger partial charge is 0.350 e. The summed E-state index contributed by atoms with van der Waals surface area (Å²) in [5.74, 6) is -0.123.